The summed E-state index contributed by atoms with van der Waals surface area (Å²) < 4.78 is 0. The molecule has 0 atom stereocenters. The van der Waals surface area contributed by atoms with Gasteiger partial charge in [-0.05, 0) is 37.1 Å². The van der Waals surface area contributed by atoms with Gasteiger partial charge >= 0.3 is 5.97 Å². The number of anilines is 1. The Morgan fingerprint density at radius 1 is 1.24 bits per heavy atom. The quantitative estimate of drug-likeness (QED) is 0.462. The van der Waals surface area contributed by atoms with Gasteiger partial charge in [0, 0.05) is 11.0 Å². The van der Waals surface area contributed by atoms with E-state index in [9.17, 15) is 19.7 Å². The second-order valence-electron chi connectivity index (χ2n) is 5.37. The molecule has 0 saturated carbocycles. The molecule has 0 aliphatic heterocycles. The highest BCUT2D eigenvalue weighted by atomic mass is 32.2. The molecule has 0 aliphatic carbocycles. The molecule has 2 rings (SSSR count). The van der Waals surface area contributed by atoms with Gasteiger partial charge in [0.05, 0.1) is 16.2 Å². The van der Waals surface area contributed by atoms with Gasteiger partial charge in [0.15, 0.2) is 0 Å². The number of hydrogen-bond acceptors (Lipinski definition) is 5. The van der Waals surface area contributed by atoms with E-state index in [2.05, 4.69) is 5.32 Å². The number of carbonyl (C=O) groups excluding carboxylic acids is 1. The lowest BCUT2D eigenvalue weighted by Gasteiger charge is -2.10. The van der Waals surface area contributed by atoms with Crippen molar-refractivity contribution in [1.82, 2.24) is 0 Å². The van der Waals surface area contributed by atoms with Crippen LogP contribution in [-0.4, -0.2) is 27.7 Å². The topological polar surface area (TPSA) is 110 Å². The zero-order valence-electron chi connectivity index (χ0n) is 13.6. The number of nitrogens with one attached hydrogen (secondary N) is 1. The van der Waals surface area contributed by atoms with Crippen molar-refractivity contribution in [3.8, 4) is 0 Å². The molecule has 0 spiro atoms. The SMILES string of the molecule is Cc1cc(C)c(NC(=O)CSc2ccccc2C(=O)O)c([N+](=O)[O-])c1. The molecule has 2 N–H and O–H groups in total. The lowest BCUT2D eigenvalue weighted by atomic mass is 10.1. The molecular formula is C17H16N2O5S. The monoisotopic (exact) mass is 360 g/mol. The van der Waals surface area contributed by atoms with Gasteiger partial charge in [-0.3, -0.25) is 14.9 Å². The molecule has 2 aromatic carbocycles. The first-order valence-corrected chi connectivity index (χ1v) is 8.28. The Morgan fingerprint density at radius 2 is 1.92 bits per heavy atom. The highest BCUT2D eigenvalue weighted by Crippen LogP contribution is 2.30. The smallest absolute Gasteiger partial charge is 0.336 e. The Labute approximate surface area is 148 Å². The minimum atomic E-state index is -1.08. The van der Waals surface area contributed by atoms with Crippen LogP contribution in [0, 0.1) is 24.0 Å². The van der Waals surface area contributed by atoms with E-state index < -0.39 is 16.8 Å². The van der Waals surface area contributed by atoms with Crippen molar-refractivity contribution in [2.45, 2.75) is 18.7 Å². The van der Waals surface area contributed by atoms with Crippen molar-refractivity contribution in [3.63, 3.8) is 0 Å². The maximum atomic E-state index is 12.2. The highest BCUT2D eigenvalue weighted by molar-refractivity contribution is 8.00. The molecule has 25 heavy (non-hydrogen) atoms. The zero-order valence-corrected chi connectivity index (χ0v) is 14.4. The second kappa shape index (κ2) is 7.80. The first-order valence-electron chi connectivity index (χ1n) is 7.30. The average molecular weight is 360 g/mol. The maximum absolute atomic E-state index is 12.2. The average Bonchev–Trinajstić information content (AvgIpc) is 2.55. The minimum Gasteiger partial charge on any atom is -0.478 e. The van der Waals surface area contributed by atoms with Crippen LogP contribution in [0.2, 0.25) is 0 Å². The molecule has 0 saturated heterocycles. The summed E-state index contributed by atoms with van der Waals surface area (Å²) in [6, 6.07) is 9.50. The second-order valence-corrected chi connectivity index (χ2v) is 6.39. The number of amides is 1. The number of benzene rings is 2. The fourth-order valence-corrected chi connectivity index (χ4v) is 3.18. The summed E-state index contributed by atoms with van der Waals surface area (Å²) in [5.74, 6) is -1.58. The number of nitro groups is 1. The van der Waals surface area contributed by atoms with Crippen LogP contribution in [-0.2, 0) is 4.79 Å². The molecular weight excluding hydrogens is 344 g/mol. The number of carboxylic acids is 1. The van der Waals surface area contributed by atoms with E-state index >= 15 is 0 Å². The Bertz CT molecular complexity index is 851. The molecule has 0 aliphatic rings. The molecule has 7 nitrogen and oxygen atoms in total. The van der Waals surface area contributed by atoms with Gasteiger partial charge in [-0.25, -0.2) is 4.79 Å². The van der Waals surface area contributed by atoms with Gasteiger partial charge in [0.1, 0.15) is 5.69 Å². The van der Waals surface area contributed by atoms with Crippen molar-refractivity contribution in [1.29, 1.82) is 0 Å². The van der Waals surface area contributed by atoms with E-state index in [0.717, 1.165) is 17.3 Å². The van der Waals surface area contributed by atoms with Crippen molar-refractivity contribution in [3.05, 3.63) is 63.2 Å². The summed E-state index contributed by atoms with van der Waals surface area (Å²) in [6.07, 6.45) is 0. The maximum Gasteiger partial charge on any atom is 0.336 e. The number of carboxylic acid groups (broad SMARTS) is 1. The van der Waals surface area contributed by atoms with Gasteiger partial charge in [0.25, 0.3) is 5.69 Å². The van der Waals surface area contributed by atoms with Crippen LogP contribution in [0.1, 0.15) is 21.5 Å². The Hall–Kier alpha value is -2.87. The summed E-state index contributed by atoms with van der Waals surface area (Å²) in [5, 5.41) is 22.9. The Kier molecular flexibility index (Phi) is 5.76. The summed E-state index contributed by atoms with van der Waals surface area (Å²) in [6.45, 7) is 3.42. The summed E-state index contributed by atoms with van der Waals surface area (Å²) in [5.41, 5.74) is 1.43. The third kappa shape index (κ3) is 4.57. The van der Waals surface area contributed by atoms with E-state index in [1.807, 2.05) is 0 Å². The normalized spacial score (nSPS) is 10.3. The Balaban J connectivity index is 2.14. The summed E-state index contributed by atoms with van der Waals surface area (Å²) >= 11 is 1.06. The molecule has 8 heteroatoms. The molecule has 1 amide bonds. The number of nitro benzene ring substituents is 1. The predicted molar refractivity (Wildman–Crippen MR) is 95.3 cm³/mol. The van der Waals surface area contributed by atoms with E-state index in [4.69, 9.17) is 5.11 Å². The van der Waals surface area contributed by atoms with Gasteiger partial charge in [0.2, 0.25) is 5.91 Å². The van der Waals surface area contributed by atoms with Crippen molar-refractivity contribution in [2.75, 3.05) is 11.1 Å². The third-order valence-electron chi connectivity index (χ3n) is 3.40. The number of rotatable bonds is 6. The number of nitrogens with zero attached hydrogens (tertiary/aromatic N) is 1. The summed E-state index contributed by atoms with van der Waals surface area (Å²) in [7, 11) is 0. The fourth-order valence-electron chi connectivity index (χ4n) is 2.34. The number of aryl methyl sites for hydroxylation is 2. The predicted octanol–water partition coefficient (Wildman–Crippen LogP) is 3.64. The zero-order chi connectivity index (χ0) is 18.6. The number of carbonyl (C=O) groups is 2. The van der Waals surface area contributed by atoms with Crippen molar-refractivity contribution >= 4 is 35.0 Å². The largest absolute Gasteiger partial charge is 0.478 e. The van der Waals surface area contributed by atoms with Crippen LogP contribution in [0.25, 0.3) is 0 Å². The lowest BCUT2D eigenvalue weighted by molar-refractivity contribution is -0.384. The van der Waals surface area contributed by atoms with Crippen LogP contribution >= 0.6 is 11.8 Å². The summed E-state index contributed by atoms with van der Waals surface area (Å²) in [4.78, 5) is 34.5. The van der Waals surface area contributed by atoms with Crippen molar-refractivity contribution < 1.29 is 19.6 Å². The molecule has 0 bridgehead atoms. The van der Waals surface area contributed by atoms with Gasteiger partial charge in [-0.1, -0.05) is 18.2 Å². The van der Waals surface area contributed by atoms with Crippen molar-refractivity contribution in [2.24, 2.45) is 0 Å². The number of thioether (sulfide) groups is 1. The first kappa shape index (κ1) is 18.5. The van der Waals surface area contributed by atoms with Crippen LogP contribution in [0.3, 0.4) is 0 Å². The standard InChI is InChI=1S/C17H16N2O5S/c1-10-7-11(2)16(13(8-10)19(23)24)18-15(20)9-25-14-6-4-3-5-12(14)17(21)22/h3-8H,9H2,1-2H3,(H,18,20)(H,21,22). The molecule has 0 fully saturated rings. The third-order valence-corrected chi connectivity index (χ3v) is 4.47. The van der Waals surface area contributed by atoms with Crippen LogP contribution in [0.5, 0.6) is 0 Å². The molecule has 0 aromatic heterocycles. The molecule has 0 radical (unpaired) electrons. The minimum absolute atomic E-state index is 0.0607. The Morgan fingerprint density at radius 3 is 2.56 bits per heavy atom. The first-order chi connectivity index (χ1) is 11.8. The number of hydrogen-bond donors (Lipinski definition) is 2. The van der Waals surface area contributed by atoms with Crippen LogP contribution in [0.15, 0.2) is 41.3 Å². The van der Waals surface area contributed by atoms with Gasteiger partial charge in [-0.15, -0.1) is 11.8 Å². The lowest BCUT2D eigenvalue weighted by Crippen LogP contribution is -2.16. The highest BCUT2D eigenvalue weighted by Gasteiger charge is 2.19. The van der Waals surface area contributed by atoms with Gasteiger partial charge in [-0.2, -0.15) is 0 Å². The van der Waals surface area contributed by atoms with E-state index in [1.54, 1.807) is 38.1 Å². The molecule has 0 heterocycles. The fraction of sp³-hybridized carbons (Fsp3) is 0.176. The molecule has 130 valence electrons. The van der Waals surface area contributed by atoms with Crippen LogP contribution < -0.4 is 5.32 Å². The molecule has 2 aromatic rings. The van der Waals surface area contributed by atoms with E-state index in [1.165, 1.54) is 12.1 Å². The van der Waals surface area contributed by atoms with E-state index in [-0.39, 0.29) is 22.7 Å². The van der Waals surface area contributed by atoms with E-state index in [0.29, 0.717) is 10.5 Å². The van der Waals surface area contributed by atoms with Gasteiger partial charge < -0.3 is 10.4 Å². The number of aromatic carboxylic acids is 1. The van der Waals surface area contributed by atoms with Crippen LogP contribution in [0.4, 0.5) is 11.4 Å². The molecule has 0 unspecified atom stereocenters.